The van der Waals surface area contributed by atoms with Crippen LogP contribution in [-0.2, 0) is 0 Å². The van der Waals surface area contributed by atoms with Gasteiger partial charge in [0.25, 0.3) is 0 Å². The second-order valence-electron chi connectivity index (χ2n) is 5.09. The van der Waals surface area contributed by atoms with Gasteiger partial charge in [0.05, 0.1) is 0 Å². The standard InChI is InChI=1S/C13H23F3N2/c1-11(2)17-7-3-4-8-18-9-5-12(6-10-18)13(14,15)16/h5,11,17H,3-4,6-10H2,1-2H3. The molecule has 0 bridgehead atoms. The van der Waals surface area contributed by atoms with Gasteiger partial charge in [0.2, 0.25) is 0 Å². The van der Waals surface area contributed by atoms with Crippen LogP contribution >= 0.6 is 0 Å². The summed E-state index contributed by atoms with van der Waals surface area (Å²) in [5.74, 6) is 0. The van der Waals surface area contributed by atoms with Crippen molar-refractivity contribution in [2.24, 2.45) is 0 Å². The van der Waals surface area contributed by atoms with Crippen LogP contribution in [0.5, 0.6) is 0 Å². The Bertz CT molecular complexity index is 272. The minimum absolute atomic E-state index is 0.133. The maximum atomic E-state index is 12.4. The molecular formula is C13H23F3N2. The predicted octanol–water partition coefficient (Wildman–Crippen LogP) is 2.96. The van der Waals surface area contributed by atoms with E-state index in [-0.39, 0.29) is 12.0 Å². The van der Waals surface area contributed by atoms with Crippen LogP contribution in [-0.4, -0.2) is 43.3 Å². The minimum Gasteiger partial charge on any atom is -0.315 e. The first-order valence-corrected chi connectivity index (χ1v) is 6.61. The zero-order chi connectivity index (χ0) is 13.6. The molecular weight excluding hydrogens is 241 g/mol. The molecule has 5 heteroatoms. The molecule has 1 heterocycles. The Kier molecular flexibility index (Phi) is 6.15. The van der Waals surface area contributed by atoms with Gasteiger partial charge in [0, 0.05) is 24.7 Å². The van der Waals surface area contributed by atoms with Gasteiger partial charge in [-0.15, -0.1) is 0 Å². The second kappa shape index (κ2) is 7.14. The molecule has 1 rings (SSSR count). The molecule has 0 unspecified atom stereocenters. The summed E-state index contributed by atoms with van der Waals surface area (Å²) in [5.41, 5.74) is -0.361. The Morgan fingerprint density at radius 3 is 2.56 bits per heavy atom. The summed E-state index contributed by atoms with van der Waals surface area (Å²) >= 11 is 0. The van der Waals surface area contributed by atoms with Gasteiger partial charge in [-0.3, -0.25) is 4.90 Å². The zero-order valence-electron chi connectivity index (χ0n) is 11.2. The Morgan fingerprint density at radius 1 is 1.33 bits per heavy atom. The van der Waals surface area contributed by atoms with Crippen LogP contribution in [0.15, 0.2) is 11.6 Å². The molecule has 0 aromatic rings. The zero-order valence-corrected chi connectivity index (χ0v) is 11.2. The van der Waals surface area contributed by atoms with Crippen molar-refractivity contribution < 1.29 is 13.2 Å². The lowest BCUT2D eigenvalue weighted by molar-refractivity contribution is -0.0960. The van der Waals surface area contributed by atoms with Crippen molar-refractivity contribution in [2.75, 3.05) is 26.2 Å². The molecule has 0 saturated carbocycles. The molecule has 1 N–H and O–H groups in total. The molecule has 0 saturated heterocycles. The highest BCUT2D eigenvalue weighted by atomic mass is 19.4. The monoisotopic (exact) mass is 264 g/mol. The van der Waals surface area contributed by atoms with E-state index in [1.165, 1.54) is 6.08 Å². The number of unbranched alkanes of at least 4 members (excludes halogenated alkanes) is 1. The van der Waals surface area contributed by atoms with Gasteiger partial charge in [-0.1, -0.05) is 19.9 Å². The van der Waals surface area contributed by atoms with Crippen LogP contribution in [0, 0.1) is 0 Å². The Balaban J connectivity index is 2.14. The summed E-state index contributed by atoms with van der Waals surface area (Å²) in [6.45, 7) is 7.05. The Morgan fingerprint density at radius 2 is 2.06 bits per heavy atom. The molecule has 0 aromatic carbocycles. The molecule has 1 aliphatic rings. The number of nitrogens with zero attached hydrogens (tertiary/aromatic N) is 1. The van der Waals surface area contributed by atoms with Gasteiger partial charge in [-0.2, -0.15) is 13.2 Å². The summed E-state index contributed by atoms with van der Waals surface area (Å²) < 4.78 is 37.2. The lowest BCUT2D eigenvalue weighted by atomic mass is 10.1. The number of rotatable bonds is 6. The molecule has 18 heavy (non-hydrogen) atoms. The molecule has 0 amide bonds. The number of nitrogens with one attached hydrogen (secondary N) is 1. The number of hydrogen-bond acceptors (Lipinski definition) is 2. The first-order valence-electron chi connectivity index (χ1n) is 6.61. The average Bonchev–Trinajstić information content (AvgIpc) is 2.27. The van der Waals surface area contributed by atoms with E-state index in [0.29, 0.717) is 19.1 Å². The number of halogens is 3. The van der Waals surface area contributed by atoms with E-state index in [2.05, 4.69) is 24.1 Å². The topological polar surface area (TPSA) is 15.3 Å². The van der Waals surface area contributed by atoms with Gasteiger partial charge < -0.3 is 5.32 Å². The van der Waals surface area contributed by atoms with Crippen molar-refractivity contribution in [3.8, 4) is 0 Å². The SMILES string of the molecule is CC(C)NCCCCN1CC=C(C(F)(F)F)CC1. The van der Waals surface area contributed by atoms with E-state index in [1.807, 2.05) is 0 Å². The summed E-state index contributed by atoms with van der Waals surface area (Å²) in [6, 6.07) is 0.497. The number of hydrogen-bond donors (Lipinski definition) is 1. The average molecular weight is 264 g/mol. The van der Waals surface area contributed by atoms with Crippen LogP contribution in [0.3, 0.4) is 0 Å². The lowest BCUT2D eigenvalue weighted by Gasteiger charge is -2.27. The molecule has 1 aliphatic heterocycles. The molecule has 0 aromatic heterocycles. The third-order valence-electron chi connectivity index (χ3n) is 3.11. The van der Waals surface area contributed by atoms with Crippen LogP contribution in [0.25, 0.3) is 0 Å². The second-order valence-corrected chi connectivity index (χ2v) is 5.09. The van der Waals surface area contributed by atoms with Crippen molar-refractivity contribution in [3.05, 3.63) is 11.6 Å². The Hall–Kier alpha value is -0.550. The highest BCUT2D eigenvalue weighted by Gasteiger charge is 2.34. The normalized spacial score (nSPS) is 18.2. The maximum absolute atomic E-state index is 12.4. The Labute approximate surface area is 107 Å². The first kappa shape index (κ1) is 15.5. The molecule has 0 aliphatic carbocycles. The van der Waals surface area contributed by atoms with E-state index in [1.54, 1.807) is 0 Å². The largest absolute Gasteiger partial charge is 0.412 e. The van der Waals surface area contributed by atoms with Gasteiger partial charge in [-0.25, -0.2) is 0 Å². The van der Waals surface area contributed by atoms with Crippen molar-refractivity contribution in [1.29, 1.82) is 0 Å². The smallest absolute Gasteiger partial charge is 0.315 e. The third-order valence-corrected chi connectivity index (χ3v) is 3.11. The third kappa shape index (κ3) is 5.87. The van der Waals surface area contributed by atoms with Crippen molar-refractivity contribution in [2.45, 2.75) is 45.3 Å². The molecule has 0 atom stereocenters. The summed E-state index contributed by atoms with van der Waals surface area (Å²) in [4.78, 5) is 2.09. The quantitative estimate of drug-likeness (QED) is 0.586. The van der Waals surface area contributed by atoms with Gasteiger partial charge in [-0.05, 0) is 32.4 Å². The van der Waals surface area contributed by atoms with E-state index in [9.17, 15) is 13.2 Å². The van der Waals surface area contributed by atoms with Crippen LogP contribution in [0.2, 0.25) is 0 Å². The summed E-state index contributed by atoms with van der Waals surface area (Å²) in [5, 5.41) is 3.33. The highest BCUT2D eigenvalue weighted by Crippen LogP contribution is 2.30. The van der Waals surface area contributed by atoms with Crippen LogP contribution in [0.4, 0.5) is 13.2 Å². The summed E-state index contributed by atoms with van der Waals surface area (Å²) in [7, 11) is 0. The number of alkyl halides is 3. The van der Waals surface area contributed by atoms with Crippen molar-refractivity contribution in [1.82, 2.24) is 10.2 Å². The van der Waals surface area contributed by atoms with Gasteiger partial charge in [0.1, 0.15) is 0 Å². The fourth-order valence-electron chi connectivity index (χ4n) is 2.02. The molecule has 0 radical (unpaired) electrons. The van der Waals surface area contributed by atoms with E-state index >= 15 is 0 Å². The molecule has 0 fully saturated rings. The minimum atomic E-state index is -4.13. The van der Waals surface area contributed by atoms with Crippen molar-refractivity contribution in [3.63, 3.8) is 0 Å². The molecule has 106 valence electrons. The lowest BCUT2D eigenvalue weighted by Crippen LogP contribution is -2.33. The predicted molar refractivity (Wildman–Crippen MR) is 67.6 cm³/mol. The summed E-state index contributed by atoms with van der Waals surface area (Å²) in [6.07, 6.45) is -0.559. The van der Waals surface area contributed by atoms with E-state index < -0.39 is 6.18 Å². The van der Waals surface area contributed by atoms with E-state index in [4.69, 9.17) is 0 Å². The molecule has 2 nitrogen and oxygen atoms in total. The van der Waals surface area contributed by atoms with Crippen molar-refractivity contribution >= 4 is 0 Å². The molecule has 0 spiro atoms. The fraction of sp³-hybridized carbons (Fsp3) is 0.846. The van der Waals surface area contributed by atoms with Crippen LogP contribution < -0.4 is 5.32 Å². The highest BCUT2D eigenvalue weighted by molar-refractivity contribution is 5.12. The first-order chi connectivity index (χ1) is 8.39. The maximum Gasteiger partial charge on any atom is 0.412 e. The van der Waals surface area contributed by atoms with Crippen LogP contribution in [0.1, 0.15) is 33.1 Å². The van der Waals surface area contributed by atoms with Gasteiger partial charge in [0.15, 0.2) is 0 Å². The fourth-order valence-corrected chi connectivity index (χ4v) is 2.02. The van der Waals surface area contributed by atoms with E-state index in [0.717, 1.165) is 25.9 Å². The van der Waals surface area contributed by atoms with Gasteiger partial charge >= 0.3 is 6.18 Å².